The van der Waals surface area contributed by atoms with E-state index in [2.05, 4.69) is 35.0 Å². The Morgan fingerprint density at radius 1 is 0.789 bits per heavy atom. The minimum Gasteiger partial charge on any atom is -0.482 e. The molecule has 0 aromatic heterocycles. The molecule has 3 rings (SSSR count). The van der Waals surface area contributed by atoms with Crippen LogP contribution in [0.5, 0.6) is 5.75 Å². The van der Waals surface area contributed by atoms with Crippen molar-refractivity contribution in [2.24, 2.45) is 0 Å². The third-order valence-electron chi connectivity index (χ3n) is 4.99. The minimum atomic E-state index is -1.82. The average molecular weight is 555 g/mol. The van der Waals surface area contributed by atoms with Crippen molar-refractivity contribution < 1.29 is 54.2 Å². The number of benzene rings is 2. The summed E-state index contributed by atoms with van der Waals surface area (Å²) in [6, 6.07) is 15.7. The van der Waals surface area contributed by atoms with E-state index in [1.165, 1.54) is 0 Å². The number of hydrogen-bond donors (Lipinski definition) is 5. The molecule has 206 valence electrons. The molecule has 38 heavy (non-hydrogen) atoms. The predicted octanol–water partition coefficient (Wildman–Crippen LogP) is 1.45. The molecule has 1 aliphatic rings. The maximum Gasteiger partial charge on any atom is 0.414 e. The minimum absolute atomic E-state index is 0.0781. The zero-order valence-corrected chi connectivity index (χ0v) is 20.9. The molecular formula is C24H27ClN2O11. The highest BCUT2D eigenvalue weighted by Crippen LogP contribution is 2.32. The first-order valence-electron chi connectivity index (χ1n) is 10.9. The molecule has 1 fully saturated rings. The summed E-state index contributed by atoms with van der Waals surface area (Å²) in [5.74, 6) is -7.71. The van der Waals surface area contributed by atoms with E-state index in [1.54, 1.807) is 6.07 Å². The topological polar surface area (TPSA) is 202 Å². The van der Waals surface area contributed by atoms with E-state index in [4.69, 9.17) is 61.0 Å². The Hall–Kier alpha value is -4.20. The van der Waals surface area contributed by atoms with Gasteiger partial charge in [-0.25, -0.2) is 24.0 Å². The van der Waals surface area contributed by atoms with E-state index in [1.807, 2.05) is 24.3 Å². The number of carboxylic acid groups (broad SMARTS) is 5. The molecule has 0 saturated carbocycles. The van der Waals surface area contributed by atoms with Crippen molar-refractivity contribution in [1.82, 2.24) is 9.80 Å². The Labute approximate surface area is 222 Å². The third-order valence-corrected chi connectivity index (χ3v) is 5.24. The van der Waals surface area contributed by atoms with Gasteiger partial charge in [-0.1, -0.05) is 35.9 Å². The fourth-order valence-corrected chi connectivity index (χ4v) is 3.38. The van der Waals surface area contributed by atoms with Gasteiger partial charge in [0.1, 0.15) is 5.75 Å². The van der Waals surface area contributed by atoms with Crippen LogP contribution in [0.1, 0.15) is 17.2 Å². The average Bonchev–Trinajstić information content (AvgIpc) is 2.86. The number of hydrogen-bond acceptors (Lipinski definition) is 8. The van der Waals surface area contributed by atoms with Crippen LogP contribution in [0.3, 0.4) is 0 Å². The molecular weight excluding hydrogens is 528 g/mol. The predicted molar refractivity (Wildman–Crippen MR) is 132 cm³/mol. The first-order chi connectivity index (χ1) is 17.8. The van der Waals surface area contributed by atoms with Gasteiger partial charge in [0.15, 0.2) is 6.61 Å². The molecule has 1 saturated heterocycles. The summed E-state index contributed by atoms with van der Waals surface area (Å²) in [6.07, 6.45) is 0. The lowest BCUT2D eigenvalue weighted by atomic mass is 9.96. The number of aliphatic carboxylic acids is 5. The zero-order chi connectivity index (χ0) is 28.8. The van der Waals surface area contributed by atoms with Gasteiger partial charge in [0, 0.05) is 31.2 Å². The second-order valence-corrected chi connectivity index (χ2v) is 8.21. The molecule has 1 heterocycles. The van der Waals surface area contributed by atoms with Crippen molar-refractivity contribution in [1.29, 1.82) is 0 Å². The number of rotatable bonds is 6. The molecule has 1 atom stereocenters. The lowest BCUT2D eigenvalue weighted by molar-refractivity contribution is -0.159. The summed E-state index contributed by atoms with van der Waals surface area (Å²) in [5.41, 5.74) is 2.24. The van der Waals surface area contributed by atoms with Crippen LogP contribution in [0.4, 0.5) is 0 Å². The van der Waals surface area contributed by atoms with Gasteiger partial charge in [-0.15, -0.1) is 0 Å². The Morgan fingerprint density at radius 3 is 1.74 bits per heavy atom. The Balaban J connectivity index is 0.000000503. The number of carboxylic acids is 5. The molecule has 0 bridgehead atoms. The Morgan fingerprint density at radius 2 is 1.29 bits per heavy atom. The van der Waals surface area contributed by atoms with E-state index in [0.717, 1.165) is 37.3 Å². The largest absolute Gasteiger partial charge is 0.482 e. The van der Waals surface area contributed by atoms with Gasteiger partial charge < -0.3 is 35.2 Å². The molecule has 0 radical (unpaired) electrons. The standard InChI is InChI=1S/C20H23ClN2O3.2C2H2O4/c1-22-9-11-23(12-10-22)20(15-5-7-17(21)8-6-15)16-3-2-4-18(13-16)26-14-19(24)25;2*3-1(4)2(5)6/h2-8,13,20H,9-12,14H2,1H3,(H,24,25);2*(H,3,4)(H,5,6). The molecule has 14 heteroatoms. The second kappa shape index (κ2) is 15.8. The highest BCUT2D eigenvalue weighted by molar-refractivity contribution is 6.30. The van der Waals surface area contributed by atoms with Crippen molar-refractivity contribution in [2.75, 3.05) is 39.8 Å². The number of carbonyl (C=O) groups is 5. The lowest BCUT2D eigenvalue weighted by Crippen LogP contribution is -2.46. The van der Waals surface area contributed by atoms with Gasteiger partial charge in [-0.05, 0) is 42.4 Å². The number of ether oxygens (including phenoxy) is 1. The zero-order valence-electron chi connectivity index (χ0n) is 20.2. The second-order valence-electron chi connectivity index (χ2n) is 7.77. The van der Waals surface area contributed by atoms with Crippen molar-refractivity contribution >= 4 is 41.4 Å². The van der Waals surface area contributed by atoms with E-state index in [0.29, 0.717) is 10.8 Å². The van der Waals surface area contributed by atoms with Crippen LogP contribution < -0.4 is 4.74 Å². The summed E-state index contributed by atoms with van der Waals surface area (Å²) in [4.78, 5) is 51.9. The number of halogens is 1. The van der Waals surface area contributed by atoms with Gasteiger partial charge in [-0.2, -0.15) is 0 Å². The smallest absolute Gasteiger partial charge is 0.414 e. The maximum atomic E-state index is 10.8. The SMILES string of the molecule is CN1CCN(C(c2ccc(Cl)cc2)c2cccc(OCC(=O)O)c2)CC1.O=C(O)C(=O)O.O=C(O)C(=O)O. The van der Waals surface area contributed by atoms with E-state index in [9.17, 15) is 4.79 Å². The summed E-state index contributed by atoms with van der Waals surface area (Å²) < 4.78 is 5.37. The molecule has 5 N–H and O–H groups in total. The van der Waals surface area contributed by atoms with Gasteiger partial charge in [0.25, 0.3) is 0 Å². The van der Waals surface area contributed by atoms with Gasteiger partial charge in [0.05, 0.1) is 6.04 Å². The Bertz CT molecular complexity index is 1070. The number of nitrogens with zero attached hydrogens (tertiary/aromatic N) is 2. The molecule has 13 nitrogen and oxygen atoms in total. The van der Waals surface area contributed by atoms with Gasteiger partial charge in [-0.3, -0.25) is 4.90 Å². The number of likely N-dealkylation sites (N-methyl/N-ethyl adjacent to an activating group) is 1. The van der Waals surface area contributed by atoms with Crippen LogP contribution in [0.2, 0.25) is 5.02 Å². The van der Waals surface area contributed by atoms with Crippen molar-refractivity contribution in [3.05, 3.63) is 64.7 Å². The van der Waals surface area contributed by atoms with Crippen molar-refractivity contribution in [2.45, 2.75) is 6.04 Å². The van der Waals surface area contributed by atoms with E-state index >= 15 is 0 Å². The van der Waals surface area contributed by atoms with Crippen LogP contribution in [-0.2, 0) is 24.0 Å². The molecule has 1 unspecified atom stereocenters. The lowest BCUT2D eigenvalue weighted by Gasteiger charge is -2.38. The molecule has 0 spiro atoms. The molecule has 0 amide bonds. The summed E-state index contributed by atoms with van der Waals surface area (Å²) in [5, 5.41) is 39.1. The molecule has 2 aromatic carbocycles. The fourth-order valence-electron chi connectivity index (χ4n) is 3.26. The Kier molecular flexibility index (Phi) is 13.2. The van der Waals surface area contributed by atoms with Crippen LogP contribution in [0, 0.1) is 0 Å². The van der Waals surface area contributed by atoms with E-state index < -0.39 is 29.8 Å². The van der Waals surface area contributed by atoms with Gasteiger partial charge >= 0.3 is 29.8 Å². The summed E-state index contributed by atoms with van der Waals surface area (Å²) >= 11 is 6.07. The first-order valence-corrected chi connectivity index (χ1v) is 11.2. The highest BCUT2D eigenvalue weighted by Gasteiger charge is 2.25. The van der Waals surface area contributed by atoms with Gasteiger partial charge in [0.2, 0.25) is 0 Å². The van der Waals surface area contributed by atoms with Crippen LogP contribution >= 0.6 is 11.6 Å². The normalized spacial score (nSPS) is 13.9. The van der Waals surface area contributed by atoms with Crippen LogP contribution in [-0.4, -0.2) is 105 Å². The molecule has 1 aliphatic heterocycles. The number of piperazine rings is 1. The monoisotopic (exact) mass is 554 g/mol. The quantitative estimate of drug-likeness (QED) is 0.321. The first kappa shape index (κ1) is 31.8. The van der Waals surface area contributed by atoms with Crippen molar-refractivity contribution in [3.8, 4) is 5.75 Å². The summed E-state index contributed by atoms with van der Waals surface area (Å²) in [6.45, 7) is 3.61. The summed E-state index contributed by atoms with van der Waals surface area (Å²) in [7, 11) is 2.13. The third kappa shape index (κ3) is 11.7. The van der Waals surface area contributed by atoms with Crippen molar-refractivity contribution in [3.63, 3.8) is 0 Å². The molecule has 0 aliphatic carbocycles. The van der Waals surface area contributed by atoms with Crippen LogP contribution in [0.25, 0.3) is 0 Å². The van der Waals surface area contributed by atoms with E-state index in [-0.39, 0.29) is 12.6 Å². The molecule has 2 aromatic rings. The fraction of sp³-hybridized carbons (Fsp3) is 0.292. The maximum absolute atomic E-state index is 10.8. The highest BCUT2D eigenvalue weighted by atomic mass is 35.5. The van der Waals surface area contributed by atoms with Crippen LogP contribution in [0.15, 0.2) is 48.5 Å².